The van der Waals surface area contributed by atoms with Gasteiger partial charge < -0.3 is 14.0 Å². The Labute approximate surface area is 136 Å². The Morgan fingerprint density at radius 2 is 2.22 bits per heavy atom. The molecular formula is C16H14N2O4S. The molecule has 2 heterocycles. The molecule has 0 saturated heterocycles. The Morgan fingerprint density at radius 1 is 1.35 bits per heavy atom. The number of methoxy groups -OCH3 is 1. The third-order valence-corrected chi connectivity index (χ3v) is 3.98. The second-order valence-electron chi connectivity index (χ2n) is 4.77. The van der Waals surface area contributed by atoms with Crippen LogP contribution in [0.2, 0.25) is 0 Å². The lowest BCUT2D eigenvalue weighted by molar-refractivity contribution is 0.0426. The molecule has 1 aromatic carbocycles. The summed E-state index contributed by atoms with van der Waals surface area (Å²) < 4.78 is 15.5. The van der Waals surface area contributed by atoms with Gasteiger partial charge >= 0.3 is 5.97 Å². The van der Waals surface area contributed by atoms with Gasteiger partial charge in [0.05, 0.1) is 12.0 Å². The van der Waals surface area contributed by atoms with Gasteiger partial charge in [-0.25, -0.2) is 4.79 Å². The Balaban J connectivity index is 1.69. The van der Waals surface area contributed by atoms with Crippen LogP contribution < -0.4 is 4.74 Å². The van der Waals surface area contributed by atoms with Crippen LogP contribution >= 0.6 is 11.3 Å². The SMILES string of the molecule is COc1ccc(C)cc1C(=O)OCc1nc(-c2cccs2)no1. The van der Waals surface area contributed by atoms with Crippen molar-refractivity contribution in [2.75, 3.05) is 7.11 Å². The molecule has 3 aromatic rings. The van der Waals surface area contributed by atoms with E-state index in [4.69, 9.17) is 14.0 Å². The van der Waals surface area contributed by atoms with Crippen LogP contribution in [0.5, 0.6) is 5.75 Å². The van der Waals surface area contributed by atoms with Crippen LogP contribution in [-0.4, -0.2) is 23.2 Å². The number of aryl methyl sites for hydroxylation is 1. The highest BCUT2D eigenvalue weighted by Gasteiger charge is 2.16. The molecule has 0 bridgehead atoms. The first-order valence-corrected chi connectivity index (χ1v) is 7.73. The lowest BCUT2D eigenvalue weighted by atomic mass is 10.1. The van der Waals surface area contributed by atoms with Gasteiger partial charge in [0.15, 0.2) is 6.61 Å². The van der Waals surface area contributed by atoms with Crippen molar-refractivity contribution in [3.63, 3.8) is 0 Å². The molecule has 3 rings (SSSR count). The topological polar surface area (TPSA) is 74.5 Å². The molecule has 0 fully saturated rings. The molecule has 0 amide bonds. The quantitative estimate of drug-likeness (QED) is 0.667. The Kier molecular flexibility index (Phi) is 4.38. The second-order valence-corrected chi connectivity index (χ2v) is 5.72. The predicted molar refractivity (Wildman–Crippen MR) is 84.5 cm³/mol. The summed E-state index contributed by atoms with van der Waals surface area (Å²) in [6, 6.07) is 9.10. The van der Waals surface area contributed by atoms with Crippen LogP contribution in [-0.2, 0) is 11.3 Å². The number of carbonyl (C=O) groups is 1. The van der Waals surface area contributed by atoms with Crippen molar-refractivity contribution in [1.29, 1.82) is 0 Å². The first-order valence-electron chi connectivity index (χ1n) is 6.85. The average molecular weight is 330 g/mol. The molecule has 0 atom stereocenters. The molecule has 23 heavy (non-hydrogen) atoms. The zero-order valence-corrected chi connectivity index (χ0v) is 13.4. The van der Waals surface area contributed by atoms with Crippen LogP contribution in [0.1, 0.15) is 21.8 Å². The van der Waals surface area contributed by atoms with E-state index in [2.05, 4.69) is 10.1 Å². The van der Waals surface area contributed by atoms with Crippen LogP contribution in [0.25, 0.3) is 10.7 Å². The molecule has 0 saturated carbocycles. The van der Waals surface area contributed by atoms with E-state index in [1.807, 2.05) is 30.5 Å². The van der Waals surface area contributed by atoms with E-state index in [9.17, 15) is 4.79 Å². The van der Waals surface area contributed by atoms with Gasteiger partial charge in [-0.2, -0.15) is 4.98 Å². The highest BCUT2D eigenvalue weighted by Crippen LogP contribution is 2.23. The van der Waals surface area contributed by atoms with E-state index < -0.39 is 5.97 Å². The van der Waals surface area contributed by atoms with Gasteiger partial charge in [-0.15, -0.1) is 11.3 Å². The fourth-order valence-corrected chi connectivity index (χ4v) is 2.65. The van der Waals surface area contributed by atoms with Gasteiger partial charge in [-0.05, 0) is 30.5 Å². The van der Waals surface area contributed by atoms with Gasteiger partial charge in [0.2, 0.25) is 5.82 Å². The minimum Gasteiger partial charge on any atom is -0.496 e. The molecule has 118 valence electrons. The third kappa shape index (κ3) is 3.40. The fraction of sp³-hybridized carbons (Fsp3) is 0.188. The van der Waals surface area contributed by atoms with Crippen molar-refractivity contribution in [2.24, 2.45) is 0 Å². The number of rotatable bonds is 5. The van der Waals surface area contributed by atoms with Crippen molar-refractivity contribution in [1.82, 2.24) is 10.1 Å². The van der Waals surface area contributed by atoms with Crippen LogP contribution in [0.3, 0.4) is 0 Å². The van der Waals surface area contributed by atoms with Crippen molar-refractivity contribution >= 4 is 17.3 Å². The molecule has 0 N–H and O–H groups in total. The molecule has 6 nitrogen and oxygen atoms in total. The molecular weight excluding hydrogens is 316 g/mol. The molecule has 2 aromatic heterocycles. The summed E-state index contributed by atoms with van der Waals surface area (Å²) in [6.07, 6.45) is 0. The third-order valence-electron chi connectivity index (χ3n) is 3.11. The van der Waals surface area contributed by atoms with Gasteiger partial charge in [0, 0.05) is 0 Å². The number of esters is 1. The molecule has 0 spiro atoms. The first kappa shape index (κ1) is 15.2. The molecule has 0 aliphatic carbocycles. The molecule has 7 heteroatoms. The van der Waals surface area contributed by atoms with E-state index in [0.717, 1.165) is 10.4 Å². The molecule has 0 aliphatic rings. The average Bonchev–Trinajstić information content (AvgIpc) is 3.23. The summed E-state index contributed by atoms with van der Waals surface area (Å²) in [4.78, 5) is 17.3. The second kappa shape index (κ2) is 6.62. The number of hydrogen-bond acceptors (Lipinski definition) is 7. The predicted octanol–water partition coefficient (Wildman–Crippen LogP) is 3.47. The monoisotopic (exact) mass is 330 g/mol. The van der Waals surface area contributed by atoms with Gasteiger partial charge in [0.25, 0.3) is 5.89 Å². The fourth-order valence-electron chi connectivity index (χ4n) is 2.01. The van der Waals surface area contributed by atoms with Crippen LogP contribution in [0, 0.1) is 6.92 Å². The minimum absolute atomic E-state index is 0.0890. The summed E-state index contributed by atoms with van der Waals surface area (Å²) in [6.45, 7) is 1.80. The Hall–Kier alpha value is -2.67. The maximum Gasteiger partial charge on any atom is 0.342 e. The van der Waals surface area contributed by atoms with Gasteiger partial charge in [-0.1, -0.05) is 22.9 Å². The number of benzene rings is 1. The number of carbonyl (C=O) groups excluding carboxylic acids is 1. The minimum atomic E-state index is -0.499. The number of ether oxygens (including phenoxy) is 2. The molecule has 0 radical (unpaired) electrons. The number of aromatic nitrogens is 2. The number of nitrogens with zero attached hydrogens (tertiary/aromatic N) is 2. The standard InChI is InChI=1S/C16H14N2O4S/c1-10-5-6-12(20-2)11(8-10)16(19)21-9-14-17-15(18-22-14)13-4-3-7-23-13/h3-8H,9H2,1-2H3. The Morgan fingerprint density at radius 3 is 2.96 bits per heavy atom. The number of thiophene rings is 1. The number of hydrogen-bond donors (Lipinski definition) is 0. The summed E-state index contributed by atoms with van der Waals surface area (Å²) in [5, 5.41) is 5.79. The normalized spacial score (nSPS) is 10.5. The van der Waals surface area contributed by atoms with E-state index >= 15 is 0 Å². The van der Waals surface area contributed by atoms with Crippen LogP contribution in [0.15, 0.2) is 40.2 Å². The van der Waals surface area contributed by atoms with Gasteiger partial charge in [-0.3, -0.25) is 0 Å². The maximum atomic E-state index is 12.2. The van der Waals surface area contributed by atoms with E-state index in [1.54, 1.807) is 12.1 Å². The summed E-state index contributed by atoms with van der Waals surface area (Å²) >= 11 is 1.51. The molecule has 0 aliphatic heterocycles. The van der Waals surface area contributed by atoms with Crippen molar-refractivity contribution in [3.8, 4) is 16.5 Å². The highest BCUT2D eigenvalue weighted by atomic mass is 32.1. The van der Waals surface area contributed by atoms with Crippen molar-refractivity contribution < 1.29 is 18.8 Å². The van der Waals surface area contributed by atoms with E-state index in [0.29, 0.717) is 17.1 Å². The lowest BCUT2D eigenvalue weighted by Gasteiger charge is -2.08. The maximum absolute atomic E-state index is 12.2. The zero-order valence-electron chi connectivity index (χ0n) is 12.6. The largest absolute Gasteiger partial charge is 0.496 e. The molecule has 0 unspecified atom stereocenters. The summed E-state index contributed by atoms with van der Waals surface area (Å²) in [7, 11) is 1.51. The summed E-state index contributed by atoms with van der Waals surface area (Å²) in [5.41, 5.74) is 1.31. The first-order chi connectivity index (χ1) is 11.2. The van der Waals surface area contributed by atoms with Gasteiger partial charge in [0.1, 0.15) is 11.3 Å². The zero-order chi connectivity index (χ0) is 16.2. The van der Waals surface area contributed by atoms with Crippen molar-refractivity contribution in [2.45, 2.75) is 13.5 Å². The highest BCUT2D eigenvalue weighted by molar-refractivity contribution is 7.13. The lowest BCUT2D eigenvalue weighted by Crippen LogP contribution is -2.07. The Bertz CT molecular complexity index is 811. The van der Waals surface area contributed by atoms with Crippen molar-refractivity contribution in [3.05, 3.63) is 52.7 Å². The van der Waals surface area contributed by atoms with E-state index in [-0.39, 0.29) is 12.5 Å². The summed E-state index contributed by atoms with van der Waals surface area (Å²) in [5.74, 6) is 0.694. The van der Waals surface area contributed by atoms with E-state index in [1.165, 1.54) is 18.4 Å². The smallest absolute Gasteiger partial charge is 0.342 e. The van der Waals surface area contributed by atoms with Crippen LogP contribution in [0.4, 0.5) is 0 Å².